The standard InChI is InChI=1S/C13H15N/c1-3-14-10-9-13(11(14)2)12-7-5-4-6-8-12/h4-10H,3H2,1-2H3. The highest BCUT2D eigenvalue weighted by Crippen LogP contribution is 2.23. The fraction of sp³-hybridized carbons (Fsp3) is 0.231. The minimum absolute atomic E-state index is 1.04. The van der Waals surface area contributed by atoms with Gasteiger partial charge in [0.05, 0.1) is 0 Å². The molecule has 0 fully saturated rings. The van der Waals surface area contributed by atoms with Crippen LogP contribution in [0.1, 0.15) is 12.6 Å². The number of benzene rings is 1. The van der Waals surface area contributed by atoms with Crippen molar-refractivity contribution in [3.8, 4) is 11.1 Å². The van der Waals surface area contributed by atoms with Crippen LogP contribution in [0.5, 0.6) is 0 Å². The first-order chi connectivity index (χ1) is 6.83. The van der Waals surface area contributed by atoms with Crippen molar-refractivity contribution >= 4 is 0 Å². The van der Waals surface area contributed by atoms with Gasteiger partial charge in [-0.25, -0.2) is 0 Å². The van der Waals surface area contributed by atoms with Crippen LogP contribution in [0.15, 0.2) is 42.6 Å². The van der Waals surface area contributed by atoms with Gasteiger partial charge in [-0.05, 0) is 25.5 Å². The molecule has 0 aliphatic heterocycles. The lowest BCUT2D eigenvalue weighted by Crippen LogP contribution is -1.94. The van der Waals surface area contributed by atoms with Crippen molar-refractivity contribution in [2.75, 3.05) is 0 Å². The van der Waals surface area contributed by atoms with Crippen LogP contribution in [0, 0.1) is 6.92 Å². The number of aromatic nitrogens is 1. The fourth-order valence-corrected chi connectivity index (χ4v) is 1.82. The first-order valence-corrected chi connectivity index (χ1v) is 5.04. The molecule has 1 heteroatoms. The molecule has 0 aliphatic rings. The van der Waals surface area contributed by atoms with Crippen LogP contribution in [-0.4, -0.2) is 4.57 Å². The molecule has 0 N–H and O–H groups in total. The van der Waals surface area contributed by atoms with Gasteiger partial charge < -0.3 is 4.57 Å². The molecule has 14 heavy (non-hydrogen) atoms. The predicted molar refractivity (Wildman–Crippen MR) is 60.3 cm³/mol. The summed E-state index contributed by atoms with van der Waals surface area (Å²) < 4.78 is 2.27. The van der Waals surface area contributed by atoms with E-state index in [0.717, 1.165) is 6.54 Å². The quantitative estimate of drug-likeness (QED) is 0.675. The van der Waals surface area contributed by atoms with Gasteiger partial charge in [0.15, 0.2) is 0 Å². The molecular weight excluding hydrogens is 170 g/mol. The van der Waals surface area contributed by atoms with Crippen molar-refractivity contribution in [1.29, 1.82) is 0 Å². The summed E-state index contributed by atoms with van der Waals surface area (Å²) in [6, 6.07) is 12.7. The van der Waals surface area contributed by atoms with E-state index in [1.807, 2.05) is 0 Å². The van der Waals surface area contributed by atoms with Gasteiger partial charge in [0.25, 0.3) is 0 Å². The van der Waals surface area contributed by atoms with Crippen molar-refractivity contribution in [3.63, 3.8) is 0 Å². The van der Waals surface area contributed by atoms with Crippen LogP contribution in [0.3, 0.4) is 0 Å². The van der Waals surface area contributed by atoms with E-state index in [0.29, 0.717) is 0 Å². The highest BCUT2D eigenvalue weighted by molar-refractivity contribution is 5.66. The van der Waals surface area contributed by atoms with Crippen LogP contribution in [-0.2, 0) is 6.54 Å². The second-order valence-corrected chi connectivity index (χ2v) is 3.47. The topological polar surface area (TPSA) is 4.93 Å². The summed E-state index contributed by atoms with van der Waals surface area (Å²) in [6.07, 6.45) is 2.15. The minimum Gasteiger partial charge on any atom is -0.351 e. The van der Waals surface area contributed by atoms with Crippen LogP contribution in [0.4, 0.5) is 0 Å². The molecule has 0 spiro atoms. The summed E-state index contributed by atoms with van der Waals surface area (Å²) in [7, 11) is 0. The van der Waals surface area contributed by atoms with Gasteiger partial charge in [0, 0.05) is 24.0 Å². The Morgan fingerprint density at radius 1 is 1.07 bits per heavy atom. The summed E-state index contributed by atoms with van der Waals surface area (Å²) in [5, 5.41) is 0. The van der Waals surface area contributed by atoms with Gasteiger partial charge in [-0.1, -0.05) is 30.3 Å². The molecule has 0 atom stereocenters. The van der Waals surface area contributed by atoms with Gasteiger partial charge in [0.2, 0.25) is 0 Å². The predicted octanol–water partition coefficient (Wildman–Crippen LogP) is 3.48. The lowest BCUT2D eigenvalue weighted by molar-refractivity contribution is 0.744. The first-order valence-electron chi connectivity index (χ1n) is 5.04. The number of aryl methyl sites for hydroxylation is 1. The largest absolute Gasteiger partial charge is 0.351 e. The SMILES string of the molecule is CCn1ccc(-c2ccccc2)c1C. The molecule has 0 saturated carbocycles. The summed E-state index contributed by atoms with van der Waals surface area (Å²) in [4.78, 5) is 0. The number of hydrogen-bond donors (Lipinski definition) is 0. The van der Waals surface area contributed by atoms with E-state index in [1.165, 1.54) is 16.8 Å². The van der Waals surface area contributed by atoms with Gasteiger partial charge in [0.1, 0.15) is 0 Å². The van der Waals surface area contributed by atoms with E-state index in [-0.39, 0.29) is 0 Å². The molecule has 1 aromatic heterocycles. The van der Waals surface area contributed by atoms with Crippen LogP contribution in [0.2, 0.25) is 0 Å². The molecule has 0 bridgehead atoms. The fourth-order valence-electron chi connectivity index (χ4n) is 1.82. The smallest absolute Gasteiger partial charge is 0.0222 e. The molecule has 0 saturated heterocycles. The Hall–Kier alpha value is -1.50. The molecular formula is C13H15N. The molecule has 0 unspecified atom stereocenters. The summed E-state index contributed by atoms with van der Waals surface area (Å²) in [5.74, 6) is 0. The van der Waals surface area contributed by atoms with Gasteiger partial charge in [-0.3, -0.25) is 0 Å². The maximum Gasteiger partial charge on any atom is 0.0222 e. The second-order valence-electron chi connectivity index (χ2n) is 3.47. The minimum atomic E-state index is 1.04. The Morgan fingerprint density at radius 2 is 1.79 bits per heavy atom. The molecule has 0 radical (unpaired) electrons. The van der Waals surface area contributed by atoms with Crippen LogP contribution >= 0.6 is 0 Å². The van der Waals surface area contributed by atoms with E-state index in [4.69, 9.17) is 0 Å². The van der Waals surface area contributed by atoms with Gasteiger partial charge in [-0.15, -0.1) is 0 Å². The summed E-state index contributed by atoms with van der Waals surface area (Å²) in [5.41, 5.74) is 3.99. The Balaban J connectivity index is 2.48. The molecule has 0 aliphatic carbocycles. The van der Waals surface area contributed by atoms with Crippen molar-refractivity contribution in [1.82, 2.24) is 4.57 Å². The summed E-state index contributed by atoms with van der Waals surface area (Å²) in [6.45, 7) is 5.38. The molecule has 1 nitrogen and oxygen atoms in total. The van der Waals surface area contributed by atoms with E-state index in [2.05, 4.69) is 61.0 Å². The van der Waals surface area contributed by atoms with Crippen molar-refractivity contribution < 1.29 is 0 Å². The van der Waals surface area contributed by atoms with E-state index < -0.39 is 0 Å². The normalized spacial score (nSPS) is 10.4. The number of nitrogens with zero attached hydrogens (tertiary/aromatic N) is 1. The third-order valence-corrected chi connectivity index (χ3v) is 2.67. The van der Waals surface area contributed by atoms with E-state index >= 15 is 0 Å². The Bertz CT molecular complexity index is 412. The van der Waals surface area contributed by atoms with E-state index in [9.17, 15) is 0 Å². The second kappa shape index (κ2) is 3.70. The van der Waals surface area contributed by atoms with Crippen molar-refractivity contribution in [2.24, 2.45) is 0 Å². The molecule has 72 valence electrons. The highest BCUT2D eigenvalue weighted by atomic mass is 14.9. The Kier molecular flexibility index (Phi) is 2.40. The van der Waals surface area contributed by atoms with Crippen LogP contribution in [0.25, 0.3) is 11.1 Å². The third kappa shape index (κ3) is 1.46. The molecule has 0 amide bonds. The van der Waals surface area contributed by atoms with E-state index in [1.54, 1.807) is 0 Å². The summed E-state index contributed by atoms with van der Waals surface area (Å²) >= 11 is 0. The monoisotopic (exact) mass is 185 g/mol. The van der Waals surface area contributed by atoms with Crippen molar-refractivity contribution in [3.05, 3.63) is 48.3 Å². The maximum atomic E-state index is 2.27. The molecule has 2 aromatic rings. The average molecular weight is 185 g/mol. The zero-order valence-electron chi connectivity index (χ0n) is 8.70. The Morgan fingerprint density at radius 3 is 2.36 bits per heavy atom. The molecule has 2 rings (SSSR count). The molecule has 1 aromatic carbocycles. The first kappa shape index (κ1) is 9.07. The van der Waals surface area contributed by atoms with Crippen molar-refractivity contribution in [2.45, 2.75) is 20.4 Å². The van der Waals surface area contributed by atoms with Gasteiger partial charge >= 0.3 is 0 Å². The number of rotatable bonds is 2. The highest BCUT2D eigenvalue weighted by Gasteiger charge is 2.04. The zero-order valence-corrected chi connectivity index (χ0v) is 8.70. The van der Waals surface area contributed by atoms with Crippen LogP contribution < -0.4 is 0 Å². The third-order valence-electron chi connectivity index (χ3n) is 2.67. The zero-order chi connectivity index (χ0) is 9.97. The Labute approximate surface area is 85.0 Å². The lowest BCUT2D eigenvalue weighted by atomic mass is 10.1. The van der Waals surface area contributed by atoms with Gasteiger partial charge in [-0.2, -0.15) is 0 Å². The maximum absolute atomic E-state index is 2.27. The lowest BCUT2D eigenvalue weighted by Gasteiger charge is -2.04. The number of hydrogen-bond acceptors (Lipinski definition) is 0. The average Bonchev–Trinajstić information content (AvgIpc) is 2.61. The molecule has 1 heterocycles.